The lowest BCUT2D eigenvalue weighted by Gasteiger charge is -2.28. The number of rotatable bonds is 2. The first-order valence-corrected chi connectivity index (χ1v) is 6.28. The van der Waals surface area contributed by atoms with Crippen molar-refractivity contribution in [2.45, 2.75) is 18.9 Å². The van der Waals surface area contributed by atoms with Crippen molar-refractivity contribution in [1.82, 2.24) is 5.32 Å². The Kier molecular flexibility index (Phi) is 3.95. The maximum Gasteiger partial charge on any atom is 0.124 e. The molecule has 1 saturated heterocycles. The van der Waals surface area contributed by atoms with E-state index in [1.54, 1.807) is 0 Å². The first-order valence-electron chi connectivity index (χ1n) is 5.49. The van der Waals surface area contributed by atoms with Crippen LogP contribution in [0.25, 0.3) is 0 Å². The second kappa shape index (κ2) is 5.25. The lowest BCUT2D eigenvalue weighted by molar-refractivity contribution is 0.0791. The monoisotopic (exact) mass is 287 g/mol. The van der Waals surface area contributed by atoms with Crippen LogP contribution in [-0.4, -0.2) is 24.3 Å². The van der Waals surface area contributed by atoms with Crippen LogP contribution in [0.3, 0.4) is 0 Å². The Morgan fingerprint density at radius 2 is 2.25 bits per heavy atom. The zero-order chi connectivity index (χ0) is 11.5. The van der Waals surface area contributed by atoms with Gasteiger partial charge >= 0.3 is 0 Å². The number of benzene rings is 1. The molecule has 1 aliphatic rings. The highest BCUT2D eigenvalue weighted by Gasteiger charge is 2.23. The molecule has 2 nitrogen and oxygen atoms in total. The molecule has 4 heteroatoms. The molecule has 88 valence electrons. The summed E-state index contributed by atoms with van der Waals surface area (Å²) in [5.41, 5.74) is 0.930. The van der Waals surface area contributed by atoms with Crippen LogP contribution < -0.4 is 5.32 Å². The van der Waals surface area contributed by atoms with E-state index in [2.05, 4.69) is 21.2 Å². The fourth-order valence-electron chi connectivity index (χ4n) is 2.15. The summed E-state index contributed by atoms with van der Waals surface area (Å²) < 4.78 is 13.9. The van der Waals surface area contributed by atoms with Crippen molar-refractivity contribution < 1.29 is 9.50 Å². The Bertz CT molecular complexity index is 352. The van der Waals surface area contributed by atoms with E-state index in [0.717, 1.165) is 29.5 Å². The molecule has 1 fully saturated rings. The summed E-state index contributed by atoms with van der Waals surface area (Å²) in [7, 11) is 0. The summed E-state index contributed by atoms with van der Waals surface area (Å²) in [6.45, 7) is 1.67. The summed E-state index contributed by atoms with van der Waals surface area (Å²) >= 11 is 3.27. The van der Waals surface area contributed by atoms with Crippen molar-refractivity contribution in [2.75, 3.05) is 13.1 Å². The Hall–Kier alpha value is -0.450. The van der Waals surface area contributed by atoms with E-state index in [1.807, 2.05) is 6.07 Å². The SMILES string of the molecule is OC1CCNCC1Cc1cc(F)cc(Br)c1. The molecular weight excluding hydrogens is 273 g/mol. The molecule has 1 heterocycles. The molecule has 2 unspecified atom stereocenters. The van der Waals surface area contributed by atoms with E-state index in [9.17, 15) is 9.50 Å². The first kappa shape index (κ1) is 12.0. The smallest absolute Gasteiger partial charge is 0.124 e. The van der Waals surface area contributed by atoms with Gasteiger partial charge in [-0.3, -0.25) is 0 Å². The van der Waals surface area contributed by atoms with Gasteiger partial charge in [0.2, 0.25) is 0 Å². The van der Waals surface area contributed by atoms with Crippen molar-refractivity contribution in [3.05, 3.63) is 34.1 Å². The summed E-state index contributed by atoms with van der Waals surface area (Å²) in [6.07, 6.45) is 1.22. The second-order valence-electron chi connectivity index (χ2n) is 4.30. The van der Waals surface area contributed by atoms with Gasteiger partial charge in [-0.15, -0.1) is 0 Å². The highest BCUT2D eigenvalue weighted by molar-refractivity contribution is 9.10. The van der Waals surface area contributed by atoms with Crippen LogP contribution in [0.2, 0.25) is 0 Å². The molecule has 1 aromatic carbocycles. The molecule has 1 aliphatic heterocycles. The number of aliphatic hydroxyl groups is 1. The first-order chi connectivity index (χ1) is 7.65. The maximum absolute atomic E-state index is 13.2. The van der Waals surface area contributed by atoms with E-state index < -0.39 is 0 Å². The number of nitrogens with one attached hydrogen (secondary N) is 1. The molecule has 0 aromatic heterocycles. The van der Waals surface area contributed by atoms with Gasteiger partial charge in [0.15, 0.2) is 0 Å². The van der Waals surface area contributed by atoms with Gasteiger partial charge in [0, 0.05) is 16.9 Å². The van der Waals surface area contributed by atoms with Crippen LogP contribution in [0.15, 0.2) is 22.7 Å². The molecule has 0 spiro atoms. The minimum Gasteiger partial charge on any atom is -0.393 e. The predicted octanol–water partition coefficient (Wildman–Crippen LogP) is 2.10. The van der Waals surface area contributed by atoms with E-state index in [4.69, 9.17) is 0 Å². The second-order valence-corrected chi connectivity index (χ2v) is 5.22. The molecule has 2 rings (SSSR count). The third-order valence-corrected chi connectivity index (χ3v) is 3.45. The normalized spacial score (nSPS) is 25.7. The third-order valence-electron chi connectivity index (χ3n) is 2.99. The van der Waals surface area contributed by atoms with Gasteiger partial charge in [-0.25, -0.2) is 4.39 Å². The zero-order valence-corrected chi connectivity index (χ0v) is 10.5. The van der Waals surface area contributed by atoms with Crippen molar-refractivity contribution in [2.24, 2.45) is 5.92 Å². The largest absolute Gasteiger partial charge is 0.393 e. The van der Waals surface area contributed by atoms with Gasteiger partial charge in [0.1, 0.15) is 5.82 Å². The van der Waals surface area contributed by atoms with Crippen LogP contribution >= 0.6 is 15.9 Å². The number of halogens is 2. The van der Waals surface area contributed by atoms with Gasteiger partial charge in [-0.2, -0.15) is 0 Å². The van der Waals surface area contributed by atoms with Crippen LogP contribution in [-0.2, 0) is 6.42 Å². The standard InChI is InChI=1S/C12H15BrFNO/c13-10-4-8(5-11(14)6-10)3-9-7-15-2-1-12(9)16/h4-6,9,12,15-16H,1-3,7H2. The molecule has 2 N–H and O–H groups in total. The summed E-state index contributed by atoms with van der Waals surface area (Å²) in [5, 5.41) is 13.1. The average molecular weight is 288 g/mol. The third kappa shape index (κ3) is 3.03. The maximum atomic E-state index is 13.2. The molecular formula is C12H15BrFNO. The fourth-order valence-corrected chi connectivity index (χ4v) is 2.66. The molecule has 0 bridgehead atoms. The number of hydrogen-bond donors (Lipinski definition) is 2. The average Bonchev–Trinajstić information content (AvgIpc) is 2.20. The van der Waals surface area contributed by atoms with Crippen molar-refractivity contribution in [3.8, 4) is 0 Å². The molecule has 0 aliphatic carbocycles. The fraction of sp³-hybridized carbons (Fsp3) is 0.500. The molecule has 2 atom stereocenters. The van der Waals surface area contributed by atoms with Crippen molar-refractivity contribution in [3.63, 3.8) is 0 Å². The van der Waals surface area contributed by atoms with Gasteiger partial charge in [0.25, 0.3) is 0 Å². The van der Waals surface area contributed by atoms with Crippen LogP contribution in [0.5, 0.6) is 0 Å². The molecule has 16 heavy (non-hydrogen) atoms. The van der Waals surface area contributed by atoms with Crippen molar-refractivity contribution in [1.29, 1.82) is 0 Å². The van der Waals surface area contributed by atoms with E-state index in [1.165, 1.54) is 12.1 Å². The molecule has 0 saturated carbocycles. The minimum atomic E-state index is -0.275. The summed E-state index contributed by atoms with van der Waals surface area (Å²) in [5.74, 6) is -0.0508. The number of piperidine rings is 1. The van der Waals surface area contributed by atoms with Gasteiger partial charge in [0.05, 0.1) is 6.10 Å². The Morgan fingerprint density at radius 3 is 2.94 bits per heavy atom. The van der Waals surface area contributed by atoms with E-state index >= 15 is 0 Å². The lowest BCUT2D eigenvalue weighted by Crippen LogP contribution is -2.40. The predicted molar refractivity (Wildman–Crippen MR) is 64.8 cm³/mol. The number of aliphatic hydroxyl groups excluding tert-OH is 1. The van der Waals surface area contributed by atoms with E-state index in [0.29, 0.717) is 6.42 Å². The zero-order valence-electron chi connectivity index (χ0n) is 8.92. The highest BCUT2D eigenvalue weighted by atomic mass is 79.9. The summed E-state index contributed by atoms with van der Waals surface area (Å²) in [4.78, 5) is 0. The Balaban J connectivity index is 2.07. The van der Waals surface area contributed by atoms with Gasteiger partial charge in [-0.05, 0) is 43.1 Å². The van der Waals surface area contributed by atoms with Gasteiger partial charge in [-0.1, -0.05) is 15.9 Å². The Labute approximate surface area is 103 Å². The lowest BCUT2D eigenvalue weighted by atomic mass is 9.90. The van der Waals surface area contributed by atoms with Crippen LogP contribution in [0.1, 0.15) is 12.0 Å². The van der Waals surface area contributed by atoms with Gasteiger partial charge < -0.3 is 10.4 Å². The summed E-state index contributed by atoms with van der Waals surface area (Å²) in [6, 6.07) is 4.88. The van der Waals surface area contributed by atoms with E-state index in [-0.39, 0.29) is 17.8 Å². The molecule has 1 aromatic rings. The highest BCUT2D eigenvalue weighted by Crippen LogP contribution is 2.21. The van der Waals surface area contributed by atoms with Crippen LogP contribution in [0, 0.1) is 11.7 Å². The topological polar surface area (TPSA) is 32.3 Å². The number of hydrogen-bond acceptors (Lipinski definition) is 2. The van der Waals surface area contributed by atoms with Crippen LogP contribution in [0.4, 0.5) is 4.39 Å². The van der Waals surface area contributed by atoms with Crippen molar-refractivity contribution >= 4 is 15.9 Å². The molecule has 0 radical (unpaired) electrons. The quantitative estimate of drug-likeness (QED) is 0.873. The Morgan fingerprint density at radius 1 is 1.44 bits per heavy atom. The minimum absolute atomic E-state index is 0.183. The molecule has 0 amide bonds.